The highest BCUT2D eigenvalue weighted by molar-refractivity contribution is 6.34. The Hall–Kier alpha value is -1.62. The normalized spacial score (nSPS) is 9.75. The van der Waals surface area contributed by atoms with Crippen LogP contribution in [0.3, 0.4) is 0 Å². The molecular weight excluding hydrogens is 236 g/mol. The van der Waals surface area contributed by atoms with Crippen molar-refractivity contribution in [3.63, 3.8) is 0 Å². The molecule has 0 saturated heterocycles. The molecule has 1 rings (SSSR count). The second-order valence-corrected chi connectivity index (χ2v) is 3.19. The standard InChI is InChI=1S/C10H11ClO5/c1-14-6-4-5(10(12)13)8(15-2)7(11)9(6)16-3/h4H,1-3H3,(H,12,13). The van der Waals surface area contributed by atoms with E-state index in [1.807, 2.05) is 0 Å². The lowest BCUT2D eigenvalue weighted by molar-refractivity contribution is 0.0693. The summed E-state index contributed by atoms with van der Waals surface area (Å²) in [6.45, 7) is 0. The number of aromatic carboxylic acids is 1. The maximum atomic E-state index is 11.0. The van der Waals surface area contributed by atoms with E-state index in [0.29, 0.717) is 0 Å². The number of carbonyl (C=O) groups is 1. The second kappa shape index (κ2) is 4.94. The van der Waals surface area contributed by atoms with Gasteiger partial charge in [0.15, 0.2) is 17.2 Å². The Bertz CT molecular complexity index is 416. The number of hydrogen-bond acceptors (Lipinski definition) is 4. The molecule has 6 heteroatoms. The molecule has 0 aliphatic carbocycles. The average Bonchev–Trinajstić information content (AvgIpc) is 2.27. The van der Waals surface area contributed by atoms with Gasteiger partial charge in [0, 0.05) is 6.07 Å². The van der Waals surface area contributed by atoms with E-state index in [1.54, 1.807) is 0 Å². The van der Waals surface area contributed by atoms with E-state index < -0.39 is 5.97 Å². The summed E-state index contributed by atoms with van der Waals surface area (Å²) >= 11 is 5.95. The summed E-state index contributed by atoms with van der Waals surface area (Å²) in [5, 5.41) is 9.04. The van der Waals surface area contributed by atoms with Crippen LogP contribution in [0.2, 0.25) is 5.02 Å². The Labute approximate surface area is 97.5 Å². The van der Waals surface area contributed by atoms with Gasteiger partial charge >= 0.3 is 5.97 Å². The van der Waals surface area contributed by atoms with Crippen molar-refractivity contribution in [3.05, 3.63) is 16.7 Å². The van der Waals surface area contributed by atoms with Crippen molar-refractivity contribution in [2.75, 3.05) is 21.3 Å². The number of ether oxygens (including phenoxy) is 3. The van der Waals surface area contributed by atoms with Crippen LogP contribution in [0.5, 0.6) is 17.2 Å². The molecule has 1 N–H and O–H groups in total. The van der Waals surface area contributed by atoms with Crippen molar-refractivity contribution in [1.29, 1.82) is 0 Å². The first-order valence-corrected chi connectivity index (χ1v) is 4.66. The number of halogens is 1. The molecule has 0 spiro atoms. The van der Waals surface area contributed by atoms with E-state index >= 15 is 0 Å². The van der Waals surface area contributed by atoms with E-state index in [-0.39, 0.29) is 27.8 Å². The number of hydrogen-bond donors (Lipinski definition) is 1. The summed E-state index contributed by atoms with van der Waals surface area (Å²) in [6.07, 6.45) is 0. The average molecular weight is 247 g/mol. The number of rotatable bonds is 4. The molecule has 0 aromatic heterocycles. The van der Waals surface area contributed by atoms with E-state index in [2.05, 4.69) is 0 Å². The first-order valence-electron chi connectivity index (χ1n) is 4.28. The van der Waals surface area contributed by atoms with Crippen LogP contribution in [-0.4, -0.2) is 32.4 Å². The molecule has 0 fully saturated rings. The van der Waals surface area contributed by atoms with Gasteiger partial charge in [-0.25, -0.2) is 4.79 Å². The van der Waals surface area contributed by atoms with Crippen molar-refractivity contribution in [1.82, 2.24) is 0 Å². The van der Waals surface area contributed by atoms with Gasteiger partial charge in [-0.1, -0.05) is 11.6 Å². The van der Waals surface area contributed by atoms with Crippen LogP contribution < -0.4 is 14.2 Å². The molecule has 16 heavy (non-hydrogen) atoms. The molecule has 0 aliphatic heterocycles. The van der Waals surface area contributed by atoms with Gasteiger partial charge in [0.1, 0.15) is 10.6 Å². The summed E-state index contributed by atoms with van der Waals surface area (Å²) in [5.41, 5.74) is -0.0786. The summed E-state index contributed by atoms with van der Waals surface area (Å²) in [5.74, 6) is -0.622. The minimum absolute atomic E-state index is 0.0480. The largest absolute Gasteiger partial charge is 0.494 e. The quantitative estimate of drug-likeness (QED) is 0.881. The number of methoxy groups -OCH3 is 3. The number of carboxylic acids is 1. The molecule has 0 saturated carbocycles. The third-order valence-corrected chi connectivity index (χ3v) is 2.34. The highest BCUT2D eigenvalue weighted by Crippen LogP contribution is 2.43. The molecule has 0 bridgehead atoms. The maximum absolute atomic E-state index is 11.0. The third kappa shape index (κ3) is 1.99. The number of benzene rings is 1. The molecule has 88 valence electrons. The molecular formula is C10H11ClO5. The maximum Gasteiger partial charge on any atom is 0.339 e. The van der Waals surface area contributed by atoms with Gasteiger partial charge in [-0.05, 0) is 0 Å². The van der Waals surface area contributed by atoms with E-state index in [1.165, 1.54) is 27.4 Å². The highest BCUT2D eigenvalue weighted by atomic mass is 35.5. The van der Waals surface area contributed by atoms with Crippen molar-refractivity contribution in [2.45, 2.75) is 0 Å². The topological polar surface area (TPSA) is 65.0 Å². The lowest BCUT2D eigenvalue weighted by atomic mass is 10.1. The van der Waals surface area contributed by atoms with Crippen LogP contribution in [0.15, 0.2) is 6.07 Å². The second-order valence-electron chi connectivity index (χ2n) is 2.81. The molecule has 1 aromatic rings. The van der Waals surface area contributed by atoms with Crippen LogP contribution in [0.25, 0.3) is 0 Å². The molecule has 0 aliphatic rings. The minimum Gasteiger partial charge on any atom is -0.494 e. The van der Waals surface area contributed by atoms with Gasteiger partial charge in [0.25, 0.3) is 0 Å². The smallest absolute Gasteiger partial charge is 0.339 e. The first-order chi connectivity index (χ1) is 7.56. The molecule has 0 atom stereocenters. The molecule has 0 unspecified atom stereocenters. The van der Waals surface area contributed by atoms with Crippen molar-refractivity contribution < 1.29 is 24.1 Å². The Morgan fingerprint density at radius 1 is 1.19 bits per heavy atom. The van der Waals surface area contributed by atoms with Crippen LogP contribution in [-0.2, 0) is 0 Å². The van der Waals surface area contributed by atoms with Crippen molar-refractivity contribution in [2.24, 2.45) is 0 Å². The molecule has 0 heterocycles. The Balaban J connectivity index is 3.54. The fourth-order valence-corrected chi connectivity index (χ4v) is 1.64. The third-order valence-electron chi connectivity index (χ3n) is 2.00. The Morgan fingerprint density at radius 2 is 1.75 bits per heavy atom. The highest BCUT2D eigenvalue weighted by Gasteiger charge is 2.22. The van der Waals surface area contributed by atoms with Gasteiger partial charge in [-0.3, -0.25) is 0 Å². The van der Waals surface area contributed by atoms with Crippen LogP contribution >= 0.6 is 11.6 Å². The summed E-state index contributed by atoms with van der Waals surface area (Å²) < 4.78 is 14.9. The molecule has 5 nitrogen and oxygen atoms in total. The number of carboxylic acid groups (broad SMARTS) is 1. The summed E-state index contributed by atoms with van der Waals surface area (Å²) in [7, 11) is 4.13. The first kappa shape index (κ1) is 12.4. The van der Waals surface area contributed by atoms with Gasteiger partial charge in [0.05, 0.1) is 21.3 Å². The lowest BCUT2D eigenvalue weighted by Crippen LogP contribution is -2.03. The van der Waals surface area contributed by atoms with Crippen molar-refractivity contribution >= 4 is 17.6 Å². The Morgan fingerprint density at radius 3 is 2.12 bits per heavy atom. The summed E-state index contributed by atoms with van der Waals surface area (Å²) in [6, 6.07) is 1.30. The van der Waals surface area contributed by atoms with Gasteiger partial charge < -0.3 is 19.3 Å². The van der Waals surface area contributed by atoms with Gasteiger partial charge in [0.2, 0.25) is 0 Å². The lowest BCUT2D eigenvalue weighted by Gasteiger charge is -2.14. The van der Waals surface area contributed by atoms with Crippen LogP contribution in [0.4, 0.5) is 0 Å². The van der Waals surface area contributed by atoms with E-state index in [0.717, 1.165) is 0 Å². The minimum atomic E-state index is -1.15. The molecule has 1 aromatic carbocycles. The summed E-state index contributed by atoms with van der Waals surface area (Å²) in [4.78, 5) is 11.0. The van der Waals surface area contributed by atoms with Crippen molar-refractivity contribution in [3.8, 4) is 17.2 Å². The zero-order valence-corrected chi connectivity index (χ0v) is 9.79. The van der Waals surface area contributed by atoms with E-state index in [4.69, 9.17) is 30.9 Å². The SMILES string of the molecule is COc1cc(C(=O)O)c(OC)c(Cl)c1OC. The molecule has 0 radical (unpaired) electrons. The zero-order chi connectivity index (χ0) is 12.3. The van der Waals surface area contributed by atoms with Gasteiger partial charge in [-0.15, -0.1) is 0 Å². The van der Waals surface area contributed by atoms with Crippen LogP contribution in [0, 0.1) is 0 Å². The van der Waals surface area contributed by atoms with Gasteiger partial charge in [-0.2, -0.15) is 0 Å². The monoisotopic (exact) mass is 246 g/mol. The fraction of sp³-hybridized carbons (Fsp3) is 0.300. The zero-order valence-electron chi connectivity index (χ0n) is 9.04. The van der Waals surface area contributed by atoms with E-state index in [9.17, 15) is 4.79 Å². The fourth-order valence-electron chi connectivity index (χ4n) is 1.29. The molecule has 0 amide bonds. The van der Waals surface area contributed by atoms with Crippen LogP contribution in [0.1, 0.15) is 10.4 Å². The predicted molar refractivity (Wildman–Crippen MR) is 58.1 cm³/mol. The predicted octanol–water partition coefficient (Wildman–Crippen LogP) is 2.06. The Kier molecular flexibility index (Phi) is 3.84.